The van der Waals surface area contributed by atoms with Crippen molar-refractivity contribution in [1.82, 2.24) is 19.5 Å². The Morgan fingerprint density at radius 1 is 1.22 bits per heavy atom. The lowest BCUT2D eigenvalue weighted by molar-refractivity contribution is -0.138. The lowest BCUT2D eigenvalue weighted by atomic mass is 9.95. The lowest BCUT2D eigenvalue weighted by Gasteiger charge is -2.32. The summed E-state index contributed by atoms with van der Waals surface area (Å²) in [6, 6.07) is 2.34. The van der Waals surface area contributed by atoms with Crippen LogP contribution in [0.5, 0.6) is 0 Å². The van der Waals surface area contributed by atoms with E-state index in [0.717, 1.165) is 37.9 Å². The van der Waals surface area contributed by atoms with Crippen LogP contribution in [-0.4, -0.2) is 38.5 Å². The molecule has 0 bridgehead atoms. The lowest BCUT2D eigenvalue weighted by Crippen LogP contribution is -2.40. The number of carbonyl (C=O) groups excluding carboxylic acids is 1. The Labute approximate surface area is 154 Å². The Kier molecular flexibility index (Phi) is 4.65. The first-order valence-corrected chi connectivity index (χ1v) is 9.28. The number of allylic oxidation sites excluding steroid dienone is 2. The smallest absolute Gasteiger partial charge is 0.342 e. The van der Waals surface area contributed by atoms with Crippen molar-refractivity contribution in [3.05, 3.63) is 41.9 Å². The molecule has 2 aliphatic rings. The van der Waals surface area contributed by atoms with Gasteiger partial charge in [0.2, 0.25) is 5.91 Å². The number of hydrogen-bond acceptors (Lipinski definition) is 3. The SMILES string of the molecule is O=C(CC1C=CCC1)N1CCCC(c2nnc3ccc(C(F)(F)F)cn23)C1. The zero-order chi connectivity index (χ0) is 19.0. The number of aromatic nitrogens is 3. The monoisotopic (exact) mass is 378 g/mol. The second-order valence-corrected chi connectivity index (χ2v) is 7.35. The van der Waals surface area contributed by atoms with Crippen LogP contribution in [0.25, 0.3) is 5.65 Å². The number of halogens is 3. The van der Waals surface area contributed by atoms with E-state index in [0.29, 0.717) is 36.9 Å². The van der Waals surface area contributed by atoms with E-state index in [-0.39, 0.29) is 11.8 Å². The molecule has 2 atom stereocenters. The van der Waals surface area contributed by atoms with Gasteiger partial charge in [0.15, 0.2) is 5.65 Å². The van der Waals surface area contributed by atoms with Crippen LogP contribution in [0.4, 0.5) is 13.2 Å². The molecule has 2 aromatic rings. The fraction of sp³-hybridized carbons (Fsp3) is 0.526. The first-order chi connectivity index (χ1) is 12.9. The third kappa shape index (κ3) is 3.70. The van der Waals surface area contributed by atoms with Crippen molar-refractivity contribution in [3.8, 4) is 0 Å². The van der Waals surface area contributed by atoms with E-state index >= 15 is 0 Å². The average molecular weight is 378 g/mol. The van der Waals surface area contributed by atoms with Crippen molar-refractivity contribution >= 4 is 11.6 Å². The van der Waals surface area contributed by atoms with Gasteiger partial charge >= 0.3 is 6.18 Å². The number of piperidine rings is 1. The molecule has 0 spiro atoms. The Morgan fingerprint density at radius 2 is 2.07 bits per heavy atom. The zero-order valence-corrected chi connectivity index (χ0v) is 14.8. The van der Waals surface area contributed by atoms with Crippen LogP contribution in [-0.2, 0) is 11.0 Å². The third-order valence-corrected chi connectivity index (χ3v) is 5.44. The molecule has 2 aromatic heterocycles. The van der Waals surface area contributed by atoms with Crippen LogP contribution in [0.2, 0.25) is 0 Å². The molecule has 2 unspecified atom stereocenters. The Bertz CT molecular complexity index is 873. The van der Waals surface area contributed by atoms with Crippen molar-refractivity contribution < 1.29 is 18.0 Å². The van der Waals surface area contributed by atoms with Gasteiger partial charge in [0, 0.05) is 31.6 Å². The van der Waals surface area contributed by atoms with E-state index in [4.69, 9.17) is 0 Å². The highest BCUT2D eigenvalue weighted by atomic mass is 19.4. The maximum atomic E-state index is 13.0. The van der Waals surface area contributed by atoms with Gasteiger partial charge in [-0.1, -0.05) is 12.2 Å². The van der Waals surface area contributed by atoms with Gasteiger partial charge in [-0.05, 0) is 43.7 Å². The molecule has 8 heteroatoms. The number of alkyl halides is 3. The summed E-state index contributed by atoms with van der Waals surface area (Å²) in [5.74, 6) is 0.803. The van der Waals surface area contributed by atoms with Gasteiger partial charge in [-0.2, -0.15) is 13.2 Å². The fourth-order valence-electron chi connectivity index (χ4n) is 3.99. The Balaban J connectivity index is 1.54. The summed E-state index contributed by atoms with van der Waals surface area (Å²) < 4.78 is 40.6. The topological polar surface area (TPSA) is 50.5 Å². The number of rotatable bonds is 3. The van der Waals surface area contributed by atoms with Crippen LogP contribution >= 0.6 is 0 Å². The van der Waals surface area contributed by atoms with Crippen LogP contribution in [0.15, 0.2) is 30.5 Å². The molecule has 1 amide bonds. The molecule has 5 nitrogen and oxygen atoms in total. The van der Waals surface area contributed by atoms with Crippen molar-refractivity contribution in [2.45, 2.75) is 44.2 Å². The van der Waals surface area contributed by atoms with E-state index in [1.165, 1.54) is 10.5 Å². The predicted octanol–water partition coefficient (Wildman–Crippen LogP) is 3.81. The quantitative estimate of drug-likeness (QED) is 0.763. The molecule has 0 N–H and O–H groups in total. The summed E-state index contributed by atoms with van der Waals surface area (Å²) in [6.07, 6.45) is 4.97. The summed E-state index contributed by atoms with van der Waals surface area (Å²) in [5.41, 5.74) is -0.342. The van der Waals surface area contributed by atoms with E-state index in [1.807, 2.05) is 4.90 Å². The second kappa shape index (κ2) is 6.98. The number of carbonyl (C=O) groups is 1. The highest BCUT2D eigenvalue weighted by molar-refractivity contribution is 5.77. The van der Waals surface area contributed by atoms with E-state index < -0.39 is 11.7 Å². The standard InChI is InChI=1S/C19H21F3N4O/c20-19(21,22)15-7-8-16-23-24-18(26(16)12-15)14-6-3-9-25(11-14)17(27)10-13-4-1-2-5-13/h1,4,7-8,12-14H,2-3,5-6,9-11H2. The van der Waals surface area contributed by atoms with Crippen molar-refractivity contribution in [1.29, 1.82) is 0 Å². The van der Waals surface area contributed by atoms with Gasteiger partial charge in [-0.25, -0.2) is 0 Å². The molecule has 1 aliphatic carbocycles. The number of amides is 1. The summed E-state index contributed by atoms with van der Waals surface area (Å²) in [4.78, 5) is 14.4. The first kappa shape index (κ1) is 18.0. The fourth-order valence-corrected chi connectivity index (χ4v) is 3.99. The van der Waals surface area contributed by atoms with E-state index in [1.54, 1.807) is 0 Å². The average Bonchev–Trinajstić information content (AvgIpc) is 3.30. The molecule has 0 aromatic carbocycles. The minimum absolute atomic E-state index is 0.111. The maximum absolute atomic E-state index is 13.0. The maximum Gasteiger partial charge on any atom is 0.417 e. The van der Waals surface area contributed by atoms with Gasteiger partial charge in [0.05, 0.1) is 5.56 Å². The van der Waals surface area contributed by atoms with Gasteiger partial charge in [0.1, 0.15) is 5.82 Å². The zero-order valence-electron chi connectivity index (χ0n) is 14.8. The molecular formula is C19H21F3N4O. The first-order valence-electron chi connectivity index (χ1n) is 9.28. The number of hydrogen-bond donors (Lipinski definition) is 0. The molecule has 27 heavy (non-hydrogen) atoms. The Hall–Kier alpha value is -2.38. The highest BCUT2D eigenvalue weighted by Gasteiger charge is 2.33. The normalized spacial score (nSPS) is 23.3. The number of likely N-dealkylation sites (tertiary alicyclic amines) is 1. The minimum atomic E-state index is -4.42. The van der Waals surface area contributed by atoms with Crippen molar-refractivity contribution in [2.24, 2.45) is 5.92 Å². The highest BCUT2D eigenvalue weighted by Crippen LogP contribution is 2.32. The van der Waals surface area contributed by atoms with Gasteiger partial charge in [0.25, 0.3) is 0 Å². The van der Waals surface area contributed by atoms with E-state index in [2.05, 4.69) is 22.3 Å². The molecule has 1 fully saturated rings. The molecule has 144 valence electrons. The summed E-state index contributed by atoms with van der Waals surface area (Å²) in [6.45, 7) is 1.17. The van der Waals surface area contributed by atoms with E-state index in [9.17, 15) is 18.0 Å². The van der Waals surface area contributed by atoms with Crippen molar-refractivity contribution in [2.75, 3.05) is 13.1 Å². The molecule has 1 saturated heterocycles. The van der Waals surface area contributed by atoms with Crippen LogP contribution in [0.3, 0.4) is 0 Å². The van der Waals surface area contributed by atoms with Crippen LogP contribution in [0.1, 0.15) is 49.4 Å². The second-order valence-electron chi connectivity index (χ2n) is 7.35. The minimum Gasteiger partial charge on any atom is -0.342 e. The molecule has 0 saturated carbocycles. The molecular weight excluding hydrogens is 357 g/mol. The number of nitrogens with zero attached hydrogens (tertiary/aromatic N) is 4. The summed E-state index contributed by atoms with van der Waals surface area (Å²) >= 11 is 0. The van der Waals surface area contributed by atoms with Crippen LogP contribution in [0, 0.1) is 5.92 Å². The molecule has 4 rings (SSSR count). The summed E-state index contributed by atoms with van der Waals surface area (Å²) in [7, 11) is 0. The van der Waals surface area contributed by atoms with Gasteiger partial charge in [-0.3, -0.25) is 9.20 Å². The number of fused-ring (bicyclic) bond motifs is 1. The molecule has 0 radical (unpaired) electrons. The summed E-state index contributed by atoms with van der Waals surface area (Å²) in [5, 5.41) is 8.14. The molecule has 1 aliphatic heterocycles. The van der Waals surface area contributed by atoms with Crippen molar-refractivity contribution in [3.63, 3.8) is 0 Å². The van der Waals surface area contributed by atoms with Gasteiger partial charge < -0.3 is 4.90 Å². The predicted molar refractivity (Wildman–Crippen MR) is 93.0 cm³/mol. The third-order valence-electron chi connectivity index (χ3n) is 5.44. The molecule has 3 heterocycles. The Morgan fingerprint density at radius 3 is 2.81 bits per heavy atom. The van der Waals surface area contributed by atoms with Crippen LogP contribution < -0.4 is 0 Å². The van der Waals surface area contributed by atoms with Gasteiger partial charge in [-0.15, -0.1) is 10.2 Å². The number of pyridine rings is 1. The largest absolute Gasteiger partial charge is 0.417 e.